The third-order valence-electron chi connectivity index (χ3n) is 6.28. The number of hydrogen-bond acceptors (Lipinski definition) is 7. The largest absolute Gasteiger partial charge is 0.462 e. The summed E-state index contributed by atoms with van der Waals surface area (Å²) in [4.78, 5) is 44.6. The fourth-order valence-electron chi connectivity index (χ4n) is 4.76. The Kier molecular flexibility index (Phi) is 6.21. The van der Waals surface area contributed by atoms with Gasteiger partial charge in [0.05, 0.1) is 35.9 Å². The summed E-state index contributed by atoms with van der Waals surface area (Å²) in [5, 5.41) is 1.000. The average molecular weight is 454 g/mol. The molecule has 0 spiro atoms. The molecule has 2 N–H and O–H groups in total. The lowest BCUT2D eigenvalue weighted by molar-refractivity contribution is -0.204. The number of hydrogen-bond donors (Lipinski definition) is 1. The zero-order chi connectivity index (χ0) is 23.8. The molecule has 1 amide bonds. The van der Waals surface area contributed by atoms with Crippen molar-refractivity contribution in [3.05, 3.63) is 47.7 Å². The number of aromatic nitrogens is 1. The van der Waals surface area contributed by atoms with Crippen LogP contribution in [0.4, 0.5) is 0 Å². The predicted octanol–water partition coefficient (Wildman–Crippen LogP) is 3.03. The van der Waals surface area contributed by atoms with Gasteiger partial charge >= 0.3 is 11.9 Å². The lowest BCUT2D eigenvalue weighted by Crippen LogP contribution is -2.61. The first-order chi connectivity index (χ1) is 15.9. The zero-order valence-electron chi connectivity index (χ0n) is 19.2. The van der Waals surface area contributed by atoms with Crippen LogP contribution in [0.15, 0.2) is 36.4 Å². The lowest BCUT2D eigenvalue weighted by Gasteiger charge is -2.46. The first-order valence-corrected chi connectivity index (χ1v) is 11.4. The van der Waals surface area contributed by atoms with Crippen LogP contribution in [0.1, 0.15) is 46.3 Å². The molecule has 3 aliphatic heterocycles. The number of benzene rings is 1. The van der Waals surface area contributed by atoms with Crippen LogP contribution in [-0.2, 0) is 30.4 Å². The molecule has 8 heteroatoms. The second kappa shape index (κ2) is 8.94. The molecule has 1 saturated heterocycles. The maximum absolute atomic E-state index is 13.4. The van der Waals surface area contributed by atoms with Crippen molar-refractivity contribution < 1.29 is 25.3 Å². The van der Waals surface area contributed by atoms with E-state index in [0.29, 0.717) is 12.2 Å². The van der Waals surface area contributed by atoms with Gasteiger partial charge in [-0.25, -0.2) is 9.78 Å². The zero-order valence-corrected chi connectivity index (χ0v) is 19.2. The first kappa shape index (κ1) is 22.9. The molecule has 1 fully saturated rings. The van der Waals surface area contributed by atoms with Crippen molar-refractivity contribution in [1.29, 1.82) is 0 Å². The van der Waals surface area contributed by atoms with E-state index in [1.807, 2.05) is 36.4 Å². The van der Waals surface area contributed by atoms with E-state index in [4.69, 9.17) is 20.2 Å². The Morgan fingerprint density at radius 1 is 1.30 bits per heavy atom. The van der Waals surface area contributed by atoms with Crippen molar-refractivity contribution in [2.45, 2.75) is 45.8 Å². The van der Waals surface area contributed by atoms with Crippen LogP contribution in [0.3, 0.4) is 0 Å². The van der Waals surface area contributed by atoms with Crippen molar-refractivity contribution in [1.82, 2.24) is 9.88 Å². The molecule has 3 atom stereocenters. The Bertz CT molecular complexity index is 1150. The van der Waals surface area contributed by atoms with Gasteiger partial charge in [-0.15, -0.1) is 0 Å². The van der Waals surface area contributed by atoms with E-state index in [-0.39, 0.29) is 26.9 Å². The minimum Gasteiger partial charge on any atom is -0.462 e. The molecule has 176 valence electrons. The van der Waals surface area contributed by atoms with E-state index >= 15 is 0 Å². The number of carbonyl (C=O) groups is 3. The summed E-state index contributed by atoms with van der Waals surface area (Å²) in [5.41, 5.74) is 6.98. The average Bonchev–Trinajstić information content (AvgIpc) is 3.18. The number of fused-ring (bicyclic) bond motifs is 5. The fourth-order valence-corrected chi connectivity index (χ4v) is 4.76. The topological polar surface area (TPSA) is 112 Å². The number of amides is 1. The van der Waals surface area contributed by atoms with Gasteiger partial charge in [0, 0.05) is 18.3 Å². The van der Waals surface area contributed by atoms with Gasteiger partial charge in [0.15, 0.2) is 0 Å². The van der Waals surface area contributed by atoms with Gasteiger partial charge in [0.2, 0.25) is 11.5 Å². The fraction of sp³-hybridized carbons (Fsp3) is 0.440. The summed E-state index contributed by atoms with van der Waals surface area (Å²) in [6, 6.07) is 9.80. The molecule has 2 unspecified atom stereocenters. The molecule has 0 radical (unpaired) electrons. The Morgan fingerprint density at radius 3 is 2.73 bits per heavy atom. The number of cyclic esters (lactones) is 1. The van der Waals surface area contributed by atoms with Crippen LogP contribution in [0.2, 0.25) is 0 Å². The van der Waals surface area contributed by atoms with Crippen molar-refractivity contribution >= 4 is 34.4 Å². The maximum Gasteiger partial charge on any atom is 0.351 e. The molecule has 33 heavy (non-hydrogen) atoms. The van der Waals surface area contributed by atoms with Gasteiger partial charge in [-0.2, -0.15) is 0 Å². The smallest absolute Gasteiger partial charge is 0.351 e. The Morgan fingerprint density at radius 2 is 2.03 bits per heavy atom. The third kappa shape index (κ3) is 3.68. The predicted molar refractivity (Wildman–Crippen MR) is 124 cm³/mol. The van der Waals surface area contributed by atoms with Gasteiger partial charge in [-0.3, -0.25) is 9.59 Å². The van der Waals surface area contributed by atoms with Crippen LogP contribution >= 0.6 is 0 Å². The van der Waals surface area contributed by atoms with Gasteiger partial charge in [0.25, 0.3) is 0 Å². The van der Waals surface area contributed by atoms with E-state index in [9.17, 15) is 14.4 Å². The monoisotopic (exact) mass is 453 g/mol. The number of rotatable bonds is 3. The van der Waals surface area contributed by atoms with Crippen LogP contribution in [0.5, 0.6) is 0 Å². The van der Waals surface area contributed by atoms with E-state index < -0.39 is 29.4 Å². The Balaban J connectivity index is 0.000000771. The molecule has 0 saturated carbocycles. The van der Waals surface area contributed by atoms with Gasteiger partial charge in [0.1, 0.15) is 6.61 Å². The highest BCUT2D eigenvalue weighted by molar-refractivity contribution is 5.97. The van der Waals surface area contributed by atoms with Crippen LogP contribution < -0.4 is 5.73 Å². The summed E-state index contributed by atoms with van der Waals surface area (Å²) in [6.45, 7) is 5.99. The van der Waals surface area contributed by atoms with Crippen molar-refractivity contribution in [2.24, 2.45) is 17.6 Å². The molecular formula is C25H31N3O5. The van der Waals surface area contributed by atoms with Crippen molar-refractivity contribution in [3.8, 4) is 0 Å². The van der Waals surface area contributed by atoms with E-state index in [1.165, 1.54) is 6.42 Å². The highest BCUT2D eigenvalue weighted by Gasteiger charge is 2.59. The molecule has 5 rings (SSSR count). The normalized spacial score (nSPS) is 25.2. The number of carbonyl (C=O) groups excluding carboxylic acids is 3. The summed E-state index contributed by atoms with van der Waals surface area (Å²) in [5.74, 6) is -2.78. The van der Waals surface area contributed by atoms with Gasteiger partial charge in [-0.1, -0.05) is 45.4 Å². The third-order valence-corrected chi connectivity index (χ3v) is 6.28. The van der Waals surface area contributed by atoms with Gasteiger partial charge in [-0.05, 0) is 24.6 Å². The minimum atomic E-state index is -1.58. The van der Waals surface area contributed by atoms with E-state index in [1.54, 1.807) is 11.8 Å². The number of nitrogens with two attached hydrogens (primary N) is 1. The molecule has 2 aromatic rings. The molecule has 1 aromatic heterocycles. The lowest BCUT2D eigenvalue weighted by atomic mass is 9.72. The minimum absolute atomic E-state index is 0. The number of nitrogens with zero attached hydrogens (tertiary/aromatic N) is 2. The second-order valence-electron chi connectivity index (χ2n) is 8.52. The van der Waals surface area contributed by atoms with Crippen LogP contribution in [-0.4, -0.2) is 46.5 Å². The molecule has 0 aliphatic carbocycles. The number of esters is 2. The van der Waals surface area contributed by atoms with Crippen molar-refractivity contribution in [3.63, 3.8) is 0 Å². The van der Waals surface area contributed by atoms with E-state index in [0.717, 1.165) is 22.2 Å². The SMILES string of the molecule is CCC.CC[C@@]1(OC(=O)CN)C(=O)OCC2C(=O)N3Cc4cc5ccccc5nc4C3=CC21.[HH]. The highest BCUT2D eigenvalue weighted by Crippen LogP contribution is 2.47. The molecule has 0 bridgehead atoms. The molecular weight excluding hydrogens is 422 g/mol. The van der Waals surface area contributed by atoms with Crippen LogP contribution in [0, 0.1) is 11.8 Å². The summed E-state index contributed by atoms with van der Waals surface area (Å²) >= 11 is 0. The highest BCUT2D eigenvalue weighted by atomic mass is 16.6. The van der Waals surface area contributed by atoms with Crippen molar-refractivity contribution in [2.75, 3.05) is 13.2 Å². The van der Waals surface area contributed by atoms with Crippen LogP contribution in [0.25, 0.3) is 16.6 Å². The number of para-hydroxylation sites is 1. The molecule has 3 aliphatic rings. The number of ether oxygens (including phenoxy) is 2. The first-order valence-electron chi connectivity index (χ1n) is 11.4. The van der Waals surface area contributed by atoms with E-state index in [2.05, 4.69) is 13.8 Å². The van der Waals surface area contributed by atoms with Gasteiger partial charge < -0.3 is 20.1 Å². The standard InChI is InChI=1S/C22H21N3O5.C3H8.H2/c1-2-22(30-18(26)9-23)15-8-17-19-13(7-12-5-3-4-6-16(12)24-19)10-25(17)20(27)14(15)11-29-21(22)28;1-3-2;/h3-8,14-15H,2,9-11,23H2,1H3;3H2,1-2H3;1H/t14?,15?,22-;;/m0../s1. The Hall–Kier alpha value is -3.26. The Labute approximate surface area is 194 Å². The summed E-state index contributed by atoms with van der Waals surface area (Å²) in [6.07, 6.45) is 3.28. The molecule has 8 nitrogen and oxygen atoms in total. The maximum atomic E-state index is 13.4. The summed E-state index contributed by atoms with van der Waals surface area (Å²) < 4.78 is 10.8. The number of pyridine rings is 1. The second-order valence-corrected chi connectivity index (χ2v) is 8.52. The quantitative estimate of drug-likeness (QED) is 0.711. The molecule has 1 aromatic carbocycles. The molecule has 4 heterocycles. The summed E-state index contributed by atoms with van der Waals surface area (Å²) in [7, 11) is 0.